The summed E-state index contributed by atoms with van der Waals surface area (Å²) in [6, 6.07) is 7.56. The summed E-state index contributed by atoms with van der Waals surface area (Å²) < 4.78 is 6.60. The average Bonchev–Trinajstić information content (AvgIpc) is 2.85. The molecule has 0 aliphatic rings. The summed E-state index contributed by atoms with van der Waals surface area (Å²) in [4.78, 5) is 12.5. The fourth-order valence-electron chi connectivity index (χ4n) is 1.96. The monoisotopic (exact) mass is 292 g/mol. The molecule has 0 radical (unpaired) electrons. The van der Waals surface area contributed by atoms with Gasteiger partial charge in [-0.2, -0.15) is 5.10 Å². The highest BCUT2D eigenvalue weighted by atomic mass is 35.5. The van der Waals surface area contributed by atoms with E-state index >= 15 is 0 Å². The van der Waals surface area contributed by atoms with Crippen LogP contribution in [0.1, 0.15) is 28.5 Å². The van der Waals surface area contributed by atoms with Crippen LogP contribution in [0.25, 0.3) is 0 Å². The maximum absolute atomic E-state index is 12.5. The molecule has 0 unspecified atom stereocenters. The molecule has 0 atom stereocenters. The second-order valence-electron chi connectivity index (χ2n) is 4.44. The summed E-state index contributed by atoms with van der Waals surface area (Å²) in [6.07, 6.45) is 2.44. The number of ether oxygens (including phenoxy) is 1. The Labute approximate surface area is 123 Å². The zero-order valence-electron chi connectivity index (χ0n) is 11.6. The van der Waals surface area contributed by atoms with E-state index in [9.17, 15) is 4.79 Å². The average molecular weight is 293 g/mol. The van der Waals surface area contributed by atoms with Gasteiger partial charge in [0.15, 0.2) is 0 Å². The Morgan fingerprint density at radius 1 is 1.35 bits per heavy atom. The van der Waals surface area contributed by atoms with Gasteiger partial charge in [0, 0.05) is 12.7 Å². The summed E-state index contributed by atoms with van der Waals surface area (Å²) >= 11 is 6.08. The molecule has 0 spiro atoms. The smallest absolute Gasteiger partial charge is 0.212 e. The van der Waals surface area contributed by atoms with Crippen molar-refractivity contribution in [2.75, 3.05) is 13.7 Å². The highest BCUT2D eigenvalue weighted by Gasteiger charge is 2.18. The van der Waals surface area contributed by atoms with Crippen molar-refractivity contribution in [1.82, 2.24) is 9.78 Å². The van der Waals surface area contributed by atoms with Crippen molar-refractivity contribution >= 4 is 17.4 Å². The molecule has 1 heterocycles. The Bertz CT molecular complexity index is 590. The van der Waals surface area contributed by atoms with Crippen LogP contribution in [0.4, 0.5) is 0 Å². The topological polar surface area (TPSA) is 44.1 Å². The van der Waals surface area contributed by atoms with Crippen LogP contribution < -0.4 is 0 Å². The molecule has 5 heteroatoms. The predicted molar refractivity (Wildman–Crippen MR) is 78.4 cm³/mol. The van der Waals surface area contributed by atoms with Crippen LogP contribution in [0, 0.1) is 0 Å². The van der Waals surface area contributed by atoms with Crippen LogP contribution in [-0.4, -0.2) is 29.3 Å². The largest absolute Gasteiger partial charge is 0.383 e. The molecule has 0 aliphatic heterocycles. The Balaban J connectivity index is 2.29. The number of hydrogen-bond acceptors (Lipinski definition) is 3. The zero-order valence-corrected chi connectivity index (χ0v) is 12.4. The number of carbonyl (C=O) groups excluding carboxylic acids is 1. The second kappa shape index (κ2) is 6.68. The lowest BCUT2D eigenvalue weighted by Gasteiger charge is -2.07. The molecule has 1 aromatic heterocycles. The SMILES string of the molecule is CCc1ccc(C(=O)c2c(Cl)cnn2CCOC)cc1. The Morgan fingerprint density at radius 2 is 2.05 bits per heavy atom. The molecular formula is C15H17ClN2O2. The van der Waals surface area contributed by atoms with Crippen molar-refractivity contribution in [2.24, 2.45) is 0 Å². The summed E-state index contributed by atoms with van der Waals surface area (Å²) in [5.41, 5.74) is 2.22. The normalized spacial score (nSPS) is 10.8. The maximum atomic E-state index is 12.5. The number of aromatic nitrogens is 2. The van der Waals surface area contributed by atoms with E-state index in [1.54, 1.807) is 11.8 Å². The number of carbonyl (C=O) groups is 1. The minimum absolute atomic E-state index is 0.119. The number of methoxy groups -OCH3 is 1. The molecule has 2 aromatic rings. The molecule has 0 bridgehead atoms. The van der Waals surface area contributed by atoms with Gasteiger partial charge in [-0.15, -0.1) is 0 Å². The van der Waals surface area contributed by atoms with E-state index in [0.29, 0.717) is 29.4 Å². The molecule has 0 aliphatic carbocycles. The molecule has 0 amide bonds. The van der Waals surface area contributed by atoms with Gasteiger partial charge in [0.1, 0.15) is 5.69 Å². The van der Waals surface area contributed by atoms with E-state index < -0.39 is 0 Å². The van der Waals surface area contributed by atoms with Gasteiger partial charge < -0.3 is 4.74 Å². The van der Waals surface area contributed by atoms with E-state index in [2.05, 4.69) is 12.0 Å². The molecule has 0 saturated heterocycles. The van der Waals surface area contributed by atoms with Crippen LogP contribution in [0.15, 0.2) is 30.5 Å². The number of ketones is 1. The van der Waals surface area contributed by atoms with Crippen molar-refractivity contribution in [1.29, 1.82) is 0 Å². The first-order valence-corrected chi connectivity index (χ1v) is 6.89. The van der Waals surface area contributed by atoms with E-state index in [1.807, 2.05) is 24.3 Å². The standard InChI is InChI=1S/C15H17ClN2O2/c1-3-11-4-6-12(7-5-11)15(19)14-13(16)10-17-18(14)8-9-20-2/h4-7,10H,3,8-9H2,1-2H3. The van der Waals surface area contributed by atoms with Crippen molar-refractivity contribution in [3.63, 3.8) is 0 Å². The van der Waals surface area contributed by atoms with E-state index in [4.69, 9.17) is 16.3 Å². The van der Waals surface area contributed by atoms with Crippen LogP contribution >= 0.6 is 11.6 Å². The quantitative estimate of drug-likeness (QED) is 0.769. The number of rotatable bonds is 6. The lowest BCUT2D eigenvalue weighted by atomic mass is 10.0. The first kappa shape index (κ1) is 14.8. The fourth-order valence-corrected chi connectivity index (χ4v) is 2.19. The fraction of sp³-hybridized carbons (Fsp3) is 0.333. The van der Waals surface area contributed by atoms with Crippen LogP contribution in [0.3, 0.4) is 0 Å². The number of nitrogens with zero attached hydrogens (tertiary/aromatic N) is 2. The molecule has 1 aromatic carbocycles. The van der Waals surface area contributed by atoms with Crippen molar-refractivity contribution in [3.8, 4) is 0 Å². The van der Waals surface area contributed by atoms with Crippen LogP contribution in [-0.2, 0) is 17.7 Å². The van der Waals surface area contributed by atoms with Crippen LogP contribution in [0.2, 0.25) is 5.02 Å². The third-order valence-corrected chi connectivity index (χ3v) is 3.42. The van der Waals surface area contributed by atoms with Crippen LogP contribution in [0.5, 0.6) is 0 Å². The first-order valence-electron chi connectivity index (χ1n) is 6.51. The van der Waals surface area contributed by atoms with E-state index in [0.717, 1.165) is 6.42 Å². The summed E-state index contributed by atoms with van der Waals surface area (Å²) in [7, 11) is 1.61. The van der Waals surface area contributed by atoms with Gasteiger partial charge in [0.2, 0.25) is 5.78 Å². The highest BCUT2D eigenvalue weighted by Crippen LogP contribution is 2.19. The predicted octanol–water partition coefficient (Wildman–Crippen LogP) is 2.98. The Morgan fingerprint density at radius 3 is 2.65 bits per heavy atom. The molecule has 0 N–H and O–H groups in total. The van der Waals surface area contributed by atoms with Gasteiger partial charge in [-0.1, -0.05) is 42.8 Å². The highest BCUT2D eigenvalue weighted by molar-refractivity contribution is 6.34. The molecule has 106 valence electrons. The third-order valence-electron chi connectivity index (χ3n) is 3.14. The summed E-state index contributed by atoms with van der Waals surface area (Å²) in [6.45, 7) is 3.05. The number of hydrogen-bond donors (Lipinski definition) is 0. The van der Waals surface area contributed by atoms with Gasteiger partial charge in [-0.3, -0.25) is 9.48 Å². The van der Waals surface area contributed by atoms with Crippen molar-refractivity contribution < 1.29 is 9.53 Å². The van der Waals surface area contributed by atoms with Gasteiger partial charge in [0.05, 0.1) is 24.4 Å². The molecule has 2 rings (SSSR count). The third kappa shape index (κ3) is 3.08. The Hall–Kier alpha value is -1.65. The number of halogens is 1. The molecule has 4 nitrogen and oxygen atoms in total. The minimum atomic E-state index is -0.119. The van der Waals surface area contributed by atoms with Gasteiger partial charge in [-0.05, 0) is 12.0 Å². The van der Waals surface area contributed by atoms with Crippen molar-refractivity contribution in [3.05, 3.63) is 52.3 Å². The molecule has 0 fully saturated rings. The molecule has 0 saturated carbocycles. The lowest BCUT2D eigenvalue weighted by molar-refractivity contribution is 0.102. The second-order valence-corrected chi connectivity index (χ2v) is 4.84. The first-order chi connectivity index (χ1) is 9.67. The van der Waals surface area contributed by atoms with Gasteiger partial charge in [0.25, 0.3) is 0 Å². The van der Waals surface area contributed by atoms with E-state index in [-0.39, 0.29) is 5.78 Å². The summed E-state index contributed by atoms with van der Waals surface area (Å²) in [5, 5.41) is 4.48. The number of benzene rings is 1. The zero-order chi connectivity index (χ0) is 14.5. The number of aryl methyl sites for hydroxylation is 1. The van der Waals surface area contributed by atoms with Gasteiger partial charge >= 0.3 is 0 Å². The summed E-state index contributed by atoms with van der Waals surface area (Å²) in [5.74, 6) is -0.119. The Kier molecular flexibility index (Phi) is 4.93. The maximum Gasteiger partial charge on any atom is 0.212 e. The lowest BCUT2D eigenvalue weighted by Crippen LogP contribution is -2.14. The van der Waals surface area contributed by atoms with Crippen molar-refractivity contribution in [2.45, 2.75) is 19.9 Å². The molecule has 20 heavy (non-hydrogen) atoms. The minimum Gasteiger partial charge on any atom is -0.383 e. The molecular weight excluding hydrogens is 276 g/mol. The van der Waals surface area contributed by atoms with E-state index in [1.165, 1.54) is 11.8 Å². The van der Waals surface area contributed by atoms with Gasteiger partial charge in [-0.25, -0.2) is 0 Å².